The van der Waals surface area contributed by atoms with E-state index >= 15 is 0 Å². The molecule has 4 aromatic rings. The topological polar surface area (TPSA) is 65.5 Å². The van der Waals surface area contributed by atoms with Gasteiger partial charge < -0.3 is 9.15 Å². The first-order valence-corrected chi connectivity index (χ1v) is 9.76. The third-order valence-electron chi connectivity index (χ3n) is 3.96. The minimum atomic E-state index is 0.507. The van der Waals surface area contributed by atoms with Crippen molar-refractivity contribution in [2.75, 3.05) is 12.9 Å². The molecule has 1 aliphatic rings. The van der Waals surface area contributed by atoms with Crippen LogP contribution in [0.25, 0.3) is 27.6 Å². The predicted molar refractivity (Wildman–Crippen MR) is 93.9 cm³/mol. The maximum atomic E-state index is 5.88. The maximum Gasteiger partial charge on any atom is 0.247 e. The smallest absolute Gasteiger partial charge is 0.247 e. The van der Waals surface area contributed by atoms with Gasteiger partial charge in [-0.3, -0.25) is 0 Å². The van der Waals surface area contributed by atoms with Gasteiger partial charge in [0.2, 0.25) is 10.9 Å². The maximum absolute atomic E-state index is 5.88. The summed E-state index contributed by atoms with van der Waals surface area (Å²) in [5, 5.41) is 4.44. The average molecular weight is 358 g/mol. The standard InChI is InChI=1S/C16H14N4O2S2/c1-23-16-19-20-7-12(18-15(20)24-16)14-17-11-5-4-10(6-13(11)22-14)21-8-9-2-3-9/h4-7,9H,2-3,8H2,1H3. The Hall–Kier alpha value is -2.06. The lowest BCUT2D eigenvalue weighted by Gasteiger charge is -2.03. The highest BCUT2D eigenvalue weighted by Gasteiger charge is 2.22. The number of nitrogens with zero attached hydrogens (tertiary/aromatic N) is 4. The van der Waals surface area contributed by atoms with Crippen molar-refractivity contribution in [3.8, 4) is 17.3 Å². The van der Waals surface area contributed by atoms with Crippen LogP contribution in [0, 0.1) is 5.92 Å². The molecular formula is C16H14N4O2S2. The van der Waals surface area contributed by atoms with Gasteiger partial charge in [-0.05, 0) is 37.1 Å². The third-order valence-corrected chi connectivity index (χ3v) is 5.86. The molecule has 0 spiro atoms. The highest BCUT2D eigenvalue weighted by Crippen LogP contribution is 2.31. The van der Waals surface area contributed by atoms with Crippen molar-refractivity contribution in [1.82, 2.24) is 19.6 Å². The summed E-state index contributed by atoms with van der Waals surface area (Å²) in [6.07, 6.45) is 6.40. The number of ether oxygens (including phenoxy) is 1. The second kappa shape index (κ2) is 5.49. The zero-order valence-electron chi connectivity index (χ0n) is 12.9. The van der Waals surface area contributed by atoms with Crippen molar-refractivity contribution >= 4 is 39.2 Å². The minimum Gasteiger partial charge on any atom is -0.493 e. The lowest BCUT2D eigenvalue weighted by molar-refractivity contribution is 0.300. The number of oxazole rings is 1. The monoisotopic (exact) mass is 358 g/mol. The number of benzene rings is 1. The Morgan fingerprint density at radius 1 is 1.38 bits per heavy atom. The molecule has 6 nitrogen and oxygen atoms in total. The lowest BCUT2D eigenvalue weighted by atomic mass is 10.3. The SMILES string of the molecule is CSc1nn2cc(-c3nc4ccc(OCC5CC5)cc4o3)nc2s1. The molecule has 0 N–H and O–H groups in total. The number of imidazole rings is 1. The van der Waals surface area contributed by atoms with Crippen LogP contribution < -0.4 is 4.74 Å². The van der Waals surface area contributed by atoms with E-state index in [9.17, 15) is 0 Å². The number of hydrogen-bond acceptors (Lipinski definition) is 7. The molecule has 24 heavy (non-hydrogen) atoms. The Morgan fingerprint density at radius 3 is 3.08 bits per heavy atom. The largest absolute Gasteiger partial charge is 0.493 e. The van der Waals surface area contributed by atoms with Gasteiger partial charge in [-0.25, -0.2) is 14.5 Å². The number of fused-ring (bicyclic) bond motifs is 2. The van der Waals surface area contributed by atoms with E-state index in [1.54, 1.807) is 27.6 Å². The summed E-state index contributed by atoms with van der Waals surface area (Å²) in [5.74, 6) is 2.06. The van der Waals surface area contributed by atoms with Gasteiger partial charge in [-0.15, -0.1) is 5.10 Å². The van der Waals surface area contributed by atoms with Gasteiger partial charge in [0.05, 0.1) is 12.8 Å². The molecule has 0 radical (unpaired) electrons. The van der Waals surface area contributed by atoms with Gasteiger partial charge in [0, 0.05) is 6.07 Å². The molecule has 0 amide bonds. The predicted octanol–water partition coefficient (Wildman–Crippen LogP) is 4.11. The fourth-order valence-corrected chi connectivity index (χ4v) is 3.81. The Kier molecular flexibility index (Phi) is 3.27. The van der Waals surface area contributed by atoms with Gasteiger partial charge in [0.25, 0.3) is 0 Å². The lowest BCUT2D eigenvalue weighted by Crippen LogP contribution is -1.98. The second-order valence-corrected chi connectivity index (χ2v) is 7.84. The quantitative estimate of drug-likeness (QED) is 0.500. The van der Waals surface area contributed by atoms with Gasteiger partial charge >= 0.3 is 0 Å². The van der Waals surface area contributed by atoms with Crippen molar-refractivity contribution in [3.63, 3.8) is 0 Å². The highest BCUT2D eigenvalue weighted by atomic mass is 32.2. The summed E-state index contributed by atoms with van der Waals surface area (Å²) >= 11 is 3.16. The van der Waals surface area contributed by atoms with Crippen LogP contribution in [0.15, 0.2) is 33.2 Å². The molecule has 0 aliphatic heterocycles. The highest BCUT2D eigenvalue weighted by molar-refractivity contribution is 8.00. The summed E-state index contributed by atoms with van der Waals surface area (Å²) in [7, 11) is 0. The zero-order chi connectivity index (χ0) is 16.1. The average Bonchev–Trinajstić information content (AvgIpc) is 3.02. The molecule has 5 rings (SSSR count). The van der Waals surface area contributed by atoms with E-state index < -0.39 is 0 Å². The van der Waals surface area contributed by atoms with Gasteiger partial charge in [-0.1, -0.05) is 23.1 Å². The van der Waals surface area contributed by atoms with Crippen LogP contribution in [-0.4, -0.2) is 32.4 Å². The second-order valence-electron chi connectivity index (χ2n) is 5.83. The van der Waals surface area contributed by atoms with Crippen LogP contribution in [0.5, 0.6) is 5.75 Å². The molecule has 1 saturated carbocycles. The van der Waals surface area contributed by atoms with Crippen LogP contribution in [0.3, 0.4) is 0 Å². The number of thioether (sulfide) groups is 1. The third kappa shape index (κ3) is 2.55. The van der Waals surface area contributed by atoms with Crippen molar-refractivity contribution in [1.29, 1.82) is 0 Å². The molecule has 1 aromatic carbocycles. The van der Waals surface area contributed by atoms with Crippen molar-refractivity contribution < 1.29 is 9.15 Å². The van der Waals surface area contributed by atoms with Crippen LogP contribution >= 0.6 is 23.1 Å². The summed E-state index contributed by atoms with van der Waals surface area (Å²) in [5.41, 5.74) is 2.21. The number of aromatic nitrogens is 4. The molecule has 0 unspecified atom stereocenters. The van der Waals surface area contributed by atoms with Crippen molar-refractivity contribution in [2.45, 2.75) is 17.2 Å². The zero-order valence-corrected chi connectivity index (χ0v) is 14.6. The van der Waals surface area contributed by atoms with Gasteiger partial charge in [0.15, 0.2) is 9.92 Å². The van der Waals surface area contributed by atoms with Gasteiger partial charge in [-0.2, -0.15) is 0 Å². The Bertz CT molecular complexity index is 1000. The summed E-state index contributed by atoms with van der Waals surface area (Å²) in [6.45, 7) is 0.785. The van der Waals surface area contributed by atoms with E-state index in [-0.39, 0.29) is 0 Å². The van der Waals surface area contributed by atoms with Crippen molar-refractivity contribution in [2.24, 2.45) is 5.92 Å². The Morgan fingerprint density at radius 2 is 2.29 bits per heavy atom. The van der Waals surface area contributed by atoms with Crippen LogP contribution in [0.1, 0.15) is 12.8 Å². The van der Waals surface area contributed by atoms with E-state index in [1.807, 2.05) is 30.7 Å². The first-order valence-electron chi connectivity index (χ1n) is 7.72. The molecular weight excluding hydrogens is 344 g/mol. The van der Waals surface area contributed by atoms with E-state index in [1.165, 1.54) is 12.8 Å². The first kappa shape index (κ1) is 14.3. The van der Waals surface area contributed by atoms with Crippen LogP contribution in [0.2, 0.25) is 0 Å². The molecule has 0 bridgehead atoms. The normalized spacial score (nSPS) is 14.7. The summed E-state index contributed by atoms with van der Waals surface area (Å²) < 4.78 is 14.4. The Labute approximate surface area is 145 Å². The number of hydrogen-bond donors (Lipinski definition) is 0. The van der Waals surface area contributed by atoms with Gasteiger partial charge in [0.1, 0.15) is 17.0 Å². The summed E-state index contributed by atoms with van der Waals surface area (Å²) in [6, 6.07) is 5.76. The number of rotatable bonds is 5. The molecule has 1 fully saturated rings. The van der Waals surface area contributed by atoms with E-state index in [0.29, 0.717) is 17.2 Å². The molecule has 0 atom stereocenters. The van der Waals surface area contributed by atoms with E-state index in [4.69, 9.17) is 9.15 Å². The molecule has 8 heteroatoms. The molecule has 3 aromatic heterocycles. The molecule has 3 heterocycles. The summed E-state index contributed by atoms with van der Waals surface area (Å²) in [4.78, 5) is 9.92. The Balaban J connectivity index is 1.47. The van der Waals surface area contributed by atoms with E-state index in [2.05, 4.69) is 15.1 Å². The molecule has 0 saturated heterocycles. The van der Waals surface area contributed by atoms with Crippen molar-refractivity contribution in [3.05, 3.63) is 24.4 Å². The fourth-order valence-electron chi connectivity index (χ4n) is 2.47. The first-order chi connectivity index (χ1) is 11.8. The molecule has 1 aliphatic carbocycles. The fraction of sp³-hybridized carbons (Fsp3) is 0.312. The minimum absolute atomic E-state index is 0.507. The van der Waals surface area contributed by atoms with Crippen LogP contribution in [0.4, 0.5) is 0 Å². The van der Waals surface area contributed by atoms with Crippen LogP contribution in [-0.2, 0) is 0 Å². The molecule has 122 valence electrons. The van der Waals surface area contributed by atoms with E-state index in [0.717, 1.165) is 33.1 Å².